The molecule has 1 aromatic carbocycles. The molecule has 1 saturated carbocycles. The van der Waals surface area contributed by atoms with Crippen LogP contribution >= 0.6 is 22.6 Å². The maximum absolute atomic E-state index is 3.69. The lowest BCUT2D eigenvalue weighted by molar-refractivity contribution is 0.462. The van der Waals surface area contributed by atoms with Gasteiger partial charge in [0.1, 0.15) is 0 Å². The van der Waals surface area contributed by atoms with Gasteiger partial charge in [0.2, 0.25) is 0 Å². The van der Waals surface area contributed by atoms with Crippen molar-refractivity contribution in [2.75, 3.05) is 5.32 Å². The van der Waals surface area contributed by atoms with E-state index in [0.29, 0.717) is 6.04 Å². The van der Waals surface area contributed by atoms with E-state index in [1.165, 1.54) is 46.9 Å². The first-order valence-corrected chi connectivity index (χ1v) is 6.86. The second-order valence-corrected chi connectivity index (χ2v) is 5.68. The molecule has 0 saturated heterocycles. The summed E-state index contributed by atoms with van der Waals surface area (Å²) in [5, 5.41) is 3.69. The van der Waals surface area contributed by atoms with Gasteiger partial charge in [-0.05, 0) is 60.1 Å². The molecule has 0 bridgehead atoms. The summed E-state index contributed by atoms with van der Waals surface area (Å²) in [6.45, 7) is 2.18. The second-order valence-electron chi connectivity index (χ2n) is 4.44. The molecule has 0 amide bonds. The van der Waals surface area contributed by atoms with Crippen LogP contribution < -0.4 is 5.32 Å². The van der Waals surface area contributed by atoms with Gasteiger partial charge in [0.25, 0.3) is 0 Å². The van der Waals surface area contributed by atoms with E-state index in [1.807, 2.05) is 0 Å². The van der Waals surface area contributed by atoms with Crippen LogP contribution in [0.5, 0.6) is 0 Å². The smallest absolute Gasteiger partial charge is 0.0382 e. The highest BCUT2D eigenvalue weighted by Crippen LogP contribution is 2.24. The normalized spacial score (nSPS) is 17.7. The number of anilines is 1. The van der Waals surface area contributed by atoms with Gasteiger partial charge < -0.3 is 5.32 Å². The molecule has 1 aliphatic rings. The highest BCUT2D eigenvalue weighted by atomic mass is 127. The van der Waals surface area contributed by atoms with E-state index in [0.717, 1.165) is 0 Å². The van der Waals surface area contributed by atoms with Crippen molar-refractivity contribution in [3.63, 3.8) is 0 Å². The van der Waals surface area contributed by atoms with Crippen LogP contribution in [-0.2, 0) is 0 Å². The number of halogens is 1. The Bertz CT molecular complexity index is 329. The minimum Gasteiger partial charge on any atom is -0.382 e. The maximum Gasteiger partial charge on any atom is 0.0382 e. The van der Waals surface area contributed by atoms with Crippen LogP contribution in [0.25, 0.3) is 0 Å². The van der Waals surface area contributed by atoms with E-state index in [1.54, 1.807) is 0 Å². The minimum absolute atomic E-state index is 0.704. The fourth-order valence-electron chi connectivity index (χ4n) is 2.22. The van der Waals surface area contributed by atoms with Gasteiger partial charge in [0, 0.05) is 15.3 Å². The van der Waals surface area contributed by atoms with Crippen LogP contribution in [0, 0.1) is 10.5 Å². The molecule has 15 heavy (non-hydrogen) atoms. The summed E-state index contributed by atoms with van der Waals surface area (Å²) in [4.78, 5) is 0. The van der Waals surface area contributed by atoms with Crippen LogP contribution in [0.1, 0.15) is 37.7 Å². The monoisotopic (exact) mass is 315 g/mol. The maximum atomic E-state index is 3.69. The van der Waals surface area contributed by atoms with Crippen LogP contribution in [0.4, 0.5) is 5.69 Å². The van der Waals surface area contributed by atoms with Crippen molar-refractivity contribution in [2.24, 2.45) is 0 Å². The van der Waals surface area contributed by atoms with Crippen molar-refractivity contribution in [3.8, 4) is 0 Å². The summed E-state index contributed by atoms with van der Waals surface area (Å²) in [5.74, 6) is 0. The van der Waals surface area contributed by atoms with E-state index in [9.17, 15) is 0 Å². The molecule has 0 aliphatic heterocycles. The zero-order valence-corrected chi connectivity index (χ0v) is 11.4. The van der Waals surface area contributed by atoms with Gasteiger partial charge in [0.05, 0.1) is 0 Å². The number of aryl methyl sites for hydroxylation is 1. The Morgan fingerprint density at radius 1 is 1.20 bits per heavy atom. The van der Waals surface area contributed by atoms with Crippen LogP contribution in [0.3, 0.4) is 0 Å². The quantitative estimate of drug-likeness (QED) is 0.800. The predicted molar refractivity (Wildman–Crippen MR) is 74.4 cm³/mol. The zero-order valence-electron chi connectivity index (χ0n) is 9.22. The third-order valence-corrected chi connectivity index (χ3v) is 3.84. The molecule has 1 aliphatic carbocycles. The minimum atomic E-state index is 0.704. The van der Waals surface area contributed by atoms with Gasteiger partial charge in [0.15, 0.2) is 0 Å². The summed E-state index contributed by atoms with van der Waals surface area (Å²) in [5.41, 5.74) is 2.69. The molecule has 0 spiro atoms. The van der Waals surface area contributed by atoms with E-state index < -0.39 is 0 Å². The van der Waals surface area contributed by atoms with E-state index in [4.69, 9.17) is 0 Å². The predicted octanol–water partition coefficient (Wildman–Crippen LogP) is 4.34. The van der Waals surface area contributed by atoms with E-state index in [-0.39, 0.29) is 0 Å². The van der Waals surface area contributed by atoms with Gasteiger partial charge in [-0.1, -0.05) is 25.3 Å². The first kappa shape index (κ1) is 11.2. The molecule has 1 fully saturated rings. The van der Waals surface area contributed by atoms with Crippen molar-refractivity contribution in [2.45, 2.75) is 45.1 Å². The Morgan fingerprint density at radius 2 is 1.93 bits per heavy atom. The van der Waals surface area contributed by atoms with Crippen molar-refractivity contribution < 1.29 is 0 Å². The first-order valence-electron chi connectivity index (χ1n) is 5.78. The first-order chi connectivity index (χ1) is 7.25. The Kier molecular flexibility index (Phi) is 3.89. The van der Waals surface area contributed by atoms with Crippen molar-refractivity contribution in [1.29, 1.82) is 0 Å². The zero-order chi connectivity index (χ0) is 10.7. The number of rotatable bonds is 2. The van der Waals surface area contributed by atoms with E-state index in [2.05, 4.69) is 53.0 Å². The largest absolute Gasteiger partial charge is 0.382 e. The Morgan fingerprint density at radius 3 is 2.67 bits per heavy atom. The summed E-state index contributed by atoms with van der Waals surface area (Å²) < 4.78 is 1.32. The highest BCUT2D eigenvalue weighted by Gasteiger charge is 2.13. The molecule has 1 N–H and O–H groups in total. The molecule has 0 atom stereocenters. The Hall–Kier alpha value is -0.250. The highest BCUT2D eigenvalue weighted by molar-refractivity contribution is 14.1. The molecule has 0 unspecified atom stereocenters. The molecule has 0 aromatic heterocycles. The fraction of sp³-hybridized carbons (Fsp3) is 0.538. The van der Waals surface area contributed by atoms with Gasteiger partial charge in [-0.2, -0.15) is 0 Å². The van der Waals surface area contributed by atoms with Crippen LogP contribution in [-0.4, -0.2) is 6.04 Å². The fourth-order valence-corrected chi connectivity index (χ4v) is 2.71. The Labute approximate surface area is 106 Å². The molecule has 0 heterocycles. The van der Waals surface area contributed by atoms with Crippen molar-refractivity contribution in [1.82, 2.24) is 0 Å². The van der Waals surface area contributed by atoms with Gasteiger partial charge in [-0.3, -0.25) is 0 Å². The molecule has 2 rings (SSSR count). The molecule has 2 heteroatoms. The number of benzene rings is 1. The lowest BCUT2D eigenvalue weighted by atomic mass is 9.95. The van der Waals surface area contributed by atoms with Gasteiger partial charge >= 0.3 is 0 Å². The van der Waals surface area contributed by atoms with Crippen molar-refractivity contribution in [3.05, 3.63) is 27.3 Å². The Balaban J connectivity index is 2.05. The van der Waals surface area contributed by atoms with Crippen LogP contribution in [0.2, 0.25) is 0 Å². The molecule has 1 aromatic rings. The topological polar surface area (TPSA) is 12.0 Å². The number of nitrogens with one attached hydrogen (secondary N) is 1. The number of hydrogen-bond donors (Lipinski definition) is 1. The second kappa shape index (κ2) is 5.19. The molecular weight excluding hydrogens is 297 g/mol. The summed E-state index contributed by atoms with van der Waals surface area (Å²) in [6, 6.07) is 7.33. The third-order valence-electron chi connectivity index (χ3n) is 3.16. The van der Waals surface area contributed by atoms with Gasteiger partial charge in [-0.25, -0.2) is 0 Å². The standard InChI is InChI=1S/C13H18IN/c1-10-7-8-11(14)9-13(10)15-12-5-3-2-4-6-12/h7-9,12,15H,2-6H2,1H3. The summed E-state index contributed by atoms with van der Waals surface area (Å²) in [7, 11) is 0. The SMILES string of the molecule is Cc1ccc(I)cc1NC1CCCCC1. The molecule has 1 nitrogen and oxygen atoms in total. The summed E-state index contributed by atoms with van der Waals surface area (Å²) in [6.07, 6.45) is 6.88. The molecular formula is C13H18IN. The number of hydrogen-bond acceptors (Lipinski definition) is 1. The molecule has 82 valence electrons. The lowest BCUT2D eigenvalue weighted by Crippen LogP contribution is -2.22. The average molecular weight is 315 g/mol. The average Bonchev–Trinajstić information content (AvgIpc) is 2.25. The molecule has 0 radical (unpaired) electrons. The van der Waals surface area contributed by atoms with Crippen molar-refractivity contribution >= 4 is 28.3 Å². The van der Waals surface area contributed by atoms with Gasteiger partial charge in [-0.15, -0.1) is 0 Å². The lowest BCUT2D eigenvalue weighted by Gasteiger charge is -2.24. The van der Waals surface area contributed by atoms with Crippen LogP contribution in [0.15, 0.2) is 18.2 Å². The van der Waals surface area contributed by atoms with E-state index >= 15 is 0 Å². The summed E-state index contributed by atoms with van der Waals surface area (Å²) >= 11 is 2.38. The third kappa shape index (κ3) is 3.10.